The van der Waals surface area contributed by atoms with Crippen LogP contribution < -0.4 is 0 Å². The highest BCUT2D eigenvalue weighted by Crippen LogP contribution is 2.16. The van der Waals surface area contributed by atoms with E-state index >= 15 is 0 Å². The van der Waals surface area contributed by atoms with Crippen molar-refractivity contribution in [2.45, 2.75) is 97.3 Å². The standard InChI is InChI=1S/C18H36O2/c1-4-5-6-7-8-9-10-11-12-13-14-15-17(2)16-18(19)20-3/h17H,4-16H2,1-3H3/t17-/m0/s1. The predicted molar refractivity (Wildman–Crippen MR) is 86.9 cm³/mol. The van der Waals surface area contributed by atoms with Crippen LogP contribution in [0.25, 0.3) is 0 Å². The Labute approximate surface area is 126 Å². The first kappa shape index (κ1) is 19.5. The summed E-state index contributed by atoms with van der Waals surface area (Å²) in [4.78, 5) is 11.1. The molecule has 0 aliphatic rings. The highest BCUT2D eigenvalue weighted by molar-refractivity contribution is 5.69. The smallest absolute Gasteiger partial charge is 0.305 e. The summed E-state index contributed by atoms with van der Waals surface area (Å²) in [6.45, 7) is 4.42. The van der Waals surface area contributed by atoms with Crippen molar-refractivity contribution < 1.29 is 9.53 Å². The lowest BCUT2D eigenvalue weighted by Gasteiger charge is -2.09. The second kappa shape index (κ2) is 14.9. The molecule has 2 nitrogen and oxygen atoms in total. The molecule has 0 fully saturated rings. The topological polar surface area (TPSA) is 26.3 Å². The lowest BCUT2D eigenvalue weighted by atomic mass is 9.99. The van der Waals surface area contributed by atoms with Crippen molar-refractivity contribution in [3.05, 3.63) is 0 Å². The van der Waals surface area contributed by atoms with Crippen molar-refractivity contribution >= 4 is 5.97 Å². The second-order valence-electron chi connectivity index (χ2n) is 6.21. The Hall–Kier alpha value is -0.530. The third-order valence-corrected chi connectivity index (χ3v) is 4.04. The summed E-state index contributed by atoms with van der Waals surface area (Å²) in [6.07, 6.45) is 16.9. The molecule has 0 unspecified atom stereocenters. The van der Waals surface area contributed by atoms with Gasteiger partial charge >= 0.3 is 5.97 Å². The van der Waals surface area contributed by atoms with Gasteiger partial charge in [0.15, 0.2) is 0 Å². The minimum Gasteiger partial charge on any atom is -0.469 e. The van der Waals surface area contributed by atoms with Gasteiger partial charge in [-0.3, -0.25) is 4.79 Å². The van der Waals surface area contributed by atoms with E-state index in [0.717, 1.165) is 6.42 Å². The molecule has 0 aromatic rings. The average molecular weight is 284 g/mol. The van der Waals surface area contributed by atoms with Gasteiger partial charge in [0.1, 0.15) is 0 Å². The first-order valence-corrected chi connectivity index (χ1v) is 8.77. The Kier molecular flexibility index (Phi) is 14.5. The Morgan fingerprint density at radius 2 is 1.30 bits per heavy atom. The zero-order valence-electron chi connectivity index (χ0n) is 14.1. The zero-order chi connectivity index (χ0) is 15.1. The number of rotatable bonds is 14. The van der Waals surface area contributed by atoms with Crippen LogP contribution in [0.5, 0.6) is 0 Å². The first-order chi connectivity index (χ1) is 9.70. The Morgan fingerprint density at radius 1 is 0.850 bits per heavy atom. The van der Waals surface area contributed by atoms with Crippen molar-refractivity contribution in [1.82, 2.24) is 0 Å². The van der Waals surface area contributed by atoms with Gasteiger partial charge in [0, 0.05) is 6.42 Å². The fraction of sp³-hybridized carbons (Fsp3) is 0.944. The third-order valence-electron chi connectivity index (χ3n) is 4.04. The molecular weight excluding hydrogens is 248 g/mol. The first-order valence-electron chi connectivity index (χ1n) is 8.77. The number of ether oxygens (including phenoxy) is 1. The van der Waals surface area contributed by atoms with Crippen LogP contribution in [0, 0.1) is 5.92 Å². The molecule has 0 bridgehead atoms. The molecule has 0 saturated carbocycles. The minimum atomic E-state index is -0.0689. The van der Waals surface area contributed by atoms with Crippen LogP contribution >= 0.6 is 0 Å². The summed E-state index contributed by atoms with van der Waals surface area (Å²) in [7, 11) is 1.47. The van der Waals surface area contributed by atoms with Crippen LogP contribution in [0.15, 0.2) is 0 Å². The van der Waals surface area contributed by atoms with Gasteiger partial charge in [-0.15, -0.1) is 0 Å². The van der Waals surface area contributed by atoms with E-state index in [1.165, 1.54) is 77.7 Å². The van der Waals surface area contributed by atoms with E-state index in [1.54, 1.807) is 0 Å². The van der Waals surface area contributed by atoms with Crippen LogP contribution in [-0.2, 0) is 9.53 Å². The summed E-state index contributed by atoms with van der Waals surface area (Å²) in [5, 5.41) is 0. The Balaban J connectivity index is 3.14. The van der Waals surface area contributed by atoms with Crippen molar-refractivity contribution in [3.8, 4) is 0 Å². The number of carbonyl (C=O) groups is 1. The fourth-order valence-electron chi connectivity index (χ4n) is 2.63. The van der Waals surface area contributed by atoms with Crippen LogP contribution in [0.4, 0.5) is 0 Å². The van der Waals surface area contributed by atoms with E-state index in [1.807, 2.05) is 0 Å². The quantitative estimate of drug-likeness (QED) is 0.294. The summed E-state index contributed by atoms with van der Waals surface area (Å²) in [5.74, 6) is 0.404. The number of unbranched alkanes of at least 4 members (excludes halogenated alkanes) is 10. The summed E-state index contributed by atoms with van der Waals surface area (Å²) >= 11 is 0. The number of hydrogen-bond acceptors (Lipinski definition) is 2. The summed E-state index contributed by atoms with van der Waals surface area (Å²) in [6, 6.07) is 0. The summed E-state index contributed by atoms with van der Waals surface area (Å²) in [5.41, 5.74) is 0. The molecule has 0 aliphatic heterocycles. The van der Waals surface area contributed by atoms with Gasteiger partial charge in [-0.25, -0.2) is 0 Å². The maximum absolute atomic E-state index is 11.1. The van der Waals surface area contributed by atoms with E-state index < -0.39 is 0 Å². The van der Waals surface area contributed by atoms with Crippen molar-refractivity contribution in [1.29, 1.82) is 0 Å². The molecular formula is C18H36O2. The number of hydrogen-bond donors (Lipinski definition) is 0. The average Bonchev–Trinajstić information content (AvgIpc) is 2.44. The molecule has 120 valence electrons. The highest BCUT2D eigenvalue weighted by atomic mass is 16.5. The molecule has 0 aromatic carbocycles. The Bertz CT molecular complexity index is 213. The summed E-state index contributed by atoms with van der Waals surface area (Å²) < 4.78 is 4.69. The molecule has 0 heterocycles. The third kappa shape index (κ3) is 13.9. The largest absolute Gasteiger partial charge is 0.469 e. The molecule has 0 rings (SSSR count). The highest BCUT2D eigenvalue weighted by Gasteiger charge is 2.08. The molecule has 0 spiro atoms. The SMILES string of the molecule is CCCCCCCCCCCCC[C@H](C)CC(=O)OC. The Morgan fingerprint density at radius 3 is 1.75 bits per heavy atom. The number of carbonyl (C=O) groups excluding carboxylic acids is 1. The van der Waals surface area contributed by atoms with Crippen LogP contribution in [-0.4, -0.2) is 13.1 Å². The van der Waals surface area contributed by atoms with Gasteiger partial charge in [0.05, 0.1) is 7.11 Å². The maximum atomic E-state index is 11.1. The van der Waals surface area contributed by atoms with E-state index in [9.17, 15) is 4.79 Å². The van der Waals surface area contributed by atoms with Crippen LogP contribution in [0.3, 0.4) is 0 Å². The molecule has 0 N–H and O–H groups in total. The normalized spacial score (nSPS) is 12.3. The monoisotopic (exact) mass is 284 g/mol. The van der Waals surface area contributed by atoms with Crippen LogP contribution in [0.1, 0.15) is 97.3 Å². The van der Waals surface area contributed by atoms with Gasteiger partial charge in [0.2, 0.25) is 0 Å². The number of methoxy groups -OCH3 is 1. The van der Waals surface area contributed by atoms with E-state index in [2.05, 4.69) is 18.6 Å². The molecule has 20 heavy (non-hydrogen) atoms. The predicted octanol–water partition coefficient (Wildman–Crippen LogP) is 5.89. The molecule has 0 saturated heterocycles. The second-order valence-corrected chi connectivity index (χ2v) is 6.21. The van der Waals surface area contributed by atoms with E-state index in [0.29, 0.717) is 12.3 Å². The van der Waals surface area contributed by atoms with E-state index in [4.69, 9.17) is 0 Å². The molecule has 0 aromatic heterocycles. The van der Waals surface area contributed by atoms with E-state index in [-0.39, 0.29) is 5.97 Å². The minimum absolute atomic E-state index is 0.0689. The van der Waals surface area contributed by atoms with Gasteiger partial charge in [-0.2, -0.15) is 0 Å². The fourth-order valence-corrected chi connectivity index (χ4v) is 2.63. The van der Waals surface area contributed by atoms with Crippen molar-refractivity contribution in [3.63, 3.8) is 0 Å². The molecule has 0 radical (unpaired) electrons. The van der Waals surface area contributed by atoms with Crippen molar-refractivity contribution in [2.24, 2.45) is 5.92 Å². The lowest BCUT2D eigenvalue weighted by molar-refractivity contribution is -0.141. The molecule has 0 amide bonds. The van der Waals surface area contributed by atoms with Gasteiger partial charge in [-0.05, 0) is 5.92 Å². The van der Waals surface area contributed by atoms with Gasteiger partial charge in [-0.1, -0.05) is 90.9 Å². The molecule has 1 atom stereocenters. The maximum Gasteiger partial charge on any atom is 0.305 e. The van der Waals surface area contributed by atoms with Crippen LogP contribution in [0.2, 0.25) is 0 Å². The molecule has 2 heteroatoms. The van der Waals surface area contributed by atoms with Gasteiger partial charge in [0.25, 0.3) is 0 Å². The lowest BCUT2D eigenvalue weighted by Crippen LogP contribution is -2.06. The zero-order valence-corrected chi connectivity index (χ0v) is 14.1. The van der Waals surface area contributed by atoms with Crippen molar-refractivity contribution in [2.75, 3.05) is 7.11 Å². The number of esters is 1. The van der Waals surface area contributed by atoms with Gasteiger partial charge < -0.3 is 4.74 Å². The molecule has 0 aliphatic carbocycles.